The standard InChI is InChI=1S/C38H47N5O5/c1-38(2,3)48-37(45)42(21-12-24-44)23-22-40(28-33-17-10-20-36(25-33)43(46)47)29-34-18-11-19-35(39-34)30-41(26-31-13-6-4-7-14-31)27-32-15-8-5-9-16-32/h4-11,13-20,25,44H,12,21-24,26-30H2,1-3H3. The highest BCUT2D eigenvalue weighted by atomic mass is 16.6. The number of rotatable bonds is 17. The molecule has 1 heterocycles. The maximum absolute atomic E-state index is 13.0. The van der Waals surface area contributed by atoms with Gasteiger partial charge in [0.15, 0.2) is 0 Å². The second-order valence-electron chi connectivity index (χ2n) is 12.9. The third-order valence-corrected chi connectivity index (χ3v) is 7.59. The van der Waals surface area contributed by atoms with Crippen LogP contribution in [-0.2, 0) is 37.5 Å². The molecule has 1 N–H and O–H groups in total. The molecule has 3 aromatic carbocycles. The van der Waals surface area contributed by atoms with E-state index in [1.54, 1.807) is 17.0 Å². The number of aromatic nitrogens is 1. The smallest absolute Gasteiger partial charge is 0.410 e. The van der Waals surface area contributed by atoms with Crippen molar-refractivity contribution in [2.24, 2.45) is 0 Å². The Morgan fingerprint density at radius 1 is 0.729 bits per heavy atom. The van der Waals surface area contributed by atoms with Gasteiger partial charge in [-0.25, -0.2) is 4.79 Å². The molecule has 4 rings (SSSR count). The summed E-state index contributed by atoms with van der Waals surface area (Å²) < 4.78 is 5.64. The molecule has 1 aromatic heterocycles. The molecule has 48 heavy (non-hydrogen) atoms. The maximum Gasteiger partial charge on any atom is 0.410 e. The Labute approximate surface area is 283 Å². The van der Waals surface area contributed by atoms with Gasteiger partial charge in [-0.1, -0.05) is 78.9 Å². The number of pyridine rings is 1. The van der Waals surface area contributed by atoms with Gasteiger partial charge in [0, 0.05) is 71.1 Å². The van der Waals surface area contributed by atoms with E-state index in [0.717, 1.165) is 30.0 Å². The zero-order valence-electron chi connectivity index (χ0n) is 28.2. The van der Waals surface area contributed by atoms with Crippen molar-refractivity contribution in [3.63, 3.8) is 0 Å². The van der Waals surface area contributed by atoms with Crippen molar-refractivity contribution in [3.8, 4) is 0 Å². The molecule has 254 valence electrons. The number of nitro benzene ring substituents is 1. The highest BCUT2D eigenvalue weighted by molar-refractivity contribution is 5.68. The van der Waals surface area contributed by atoms with Crippen molar-refractivity contribution < 1.29 is 19.6 Å². The van der Waals surface area contributed by atoms with Gasteiger partial charge in [0.25, 0.3) is 5.69 Å². The summed E-state index contributed by atoms with van der Waals surface area (Å²) in [4.78, 5) is 35.3. The molecule has 0 spiro atoms. The van der Waals surface area contributed by atoms with E-state index >= 15 is 0 Å². The molecular weight excluding hydrogens is 606 g/mol. The summed E-state index contributed by atoms with van der Waals surface area (Å²) in [7, 11) is 0. The molecule has 10 heteroatoms. The van der Waals surface area contributed by atoms with E-state index < -0.39 is 16.6 Å². The van der Waals surface area contributed by atoms with Crippen molar-refractivity contribution in [1.29, 1.82) is 0 Å². The van der Waals surface area contributed by atoms with Crippen LogP contribution < -0.4 is 0 Å². The fraction of sp³-hybridized carbons (Fsp3) is 0.368. The van der Waals surface area contributed by atoms with Crippen molar-refractivity contribution in [2.75, 3.05) is 26.2 Å². The van der Waals surface area contributed by atoms with Gasteiger partial charge in [-0.2, -0.15) is 0 Å². The number of amides is 1. The van der Waals surface area contributed by atoms with Crippen molar-refractivity contribution >= 4 is 11.8 Å². The second-order valence-corrected chi connectivity index (χ2v) is 12.9. The average molecular weight is 654 g/mol. The van der Waals surface area contributed by atoms with Gasteiger partial charge < -0.3 is 14.7 Å². The van der Waals surface area contributed by atoms with Crippen LogP contribution in [-0.4, -0.2) is 67.6 Å². The molecule has 1 amide bonds. The van der Waals surface area contributed by atoms with E-state index in [2.05, 4.69) is 58.3 Å². The normalized spacial score (nSPS) is 11.5. The number of hydrogen-bond acceptors (Lipinski definition) is 8. The van der Waals surface area contributed by atoms with Crippen LogP contribution in [0.2, 0.25) is 0 Å². The number of carbonyl (C=O) groups is 1. The topological polar surface area (TPSA) is 112 Å². The van der Waals surface area contributed by atoms with Crippen LogP contribution in [0, 0.1) is 10.1 Å². The molecule has 0 radical (unpaired) electrons. The van der Waals surface area contributed by atoms with Gasteiger partial charge in [0.1, 0.15) is 5.60 Å². The number of aliphatic hydroxyl groups excluding tert-OH is 1. The first-order valence-corrected chi connectivity index (χ1v) is 16.4. The molecule has 10 nitrogen and oxygen atoms in total. The Hall–Kier alpha value is -4.64. The van der Waals surface area contributed by atoms with E-state index in [0.29, 0.717) is 45.7 Å². The lowest BCUT2D eigenvalue weighted by molar-refractivity contribution is -0.384. The van der Waals surface area contributed by atoms with Gasteiger partial charge in [-0.3, -0.25) is 24.9 Å². The minimum Gasteiger partial charge on any atom is -0.444 e. The molecular formula is C38H47N5O5. The molecule has 0 fully saturated rings. The third-order valence-electron chi connectivity index (χ3n) is 7.59. The van der Waals surface area contributed by atoms with Crippen molar-refractivity contribution in [2.45, 2.75) is 65.5 Å². The predicted molar refractivity (Wildman–Crippen MR) is 187 cm³/mol. The van der Waals surface area contributed by atoms with Crippen LogP contribution in [0.15, 0.2) is 103 Å². The SMILES string of the molecule is CC(C)(C)OC(=O)N(CCCO)CCN(Cc1cccc([N+](=O)[O-])c1)Cc1cccc(CN(Cc2ccccc2)Cc2ccccc2)n1. The fourth-order valence-electron chi connectivity index (χ4n) is 5.40. The average Bonchev–Trinajstić information content (AvgIpc) is 3.05. The lowest BCUT2D eigenvalue weighted by Gasteiger charge is -2.30. The molecule has 0 unspecified atom stereocenters. The van der Waals surface area contributed by atoms with E-state index in [1.807, 2.05) is 57.2 Å². The van der Waals surface area contributed by atoms with Crippen LogP contribution >= 0.6 is 0 Å². The summed E-state index contributed by atoms with van der Waals surface area (Å²) in [6.45, 7) is 9.68. The summed E-state index contributed by atoms with van der Waals surface area (Å²) in [5.74, 6) is 0. The Kier molecular flexibility index (Phi) is 13.6. The quantitative estimate of drug-likeness (QED) is 0.0977. The highest BCUT2D eigenvalue weighted by Crippen LogP contribution is 2.18. The number of non-ortho nitro benzene ring substituents is 1. The summed E-state index contributed by atoms with van der Waals surface area (Å²) in [5.41, 5.74) is 4.41. The monoisotopic (exact) mass is 653 g/mol. The van der Waals surface area contributed by atoms with E-state index in [1.165, 1.54) is 17.2 Å². The minimum atomic E-state index is -0.656. The first-order valence-electron chi connectivity index (χ1n) is 16.4. The molecule has 4 aromatic rings. The number of ether oxygens (including phenoxy) is 1. The van der Waals surface area contributed by atoms with Gasteiger partial charge in [-0.05, 0) is 56.0 Å². The summed E-state index contributed by atoms with van der Waals surface area (Å²) in [6.07, 6.45) is -0.0146. The second kappa shape index (κ2) is 18.1. The molecule has 0 atom stereocenters. The van der Waals surface area contributed by atoms with Gasteiger partial charge in [0.05, 0.1) is 16.3 Å². The molecule has 0 saturated heterocycles. The van der Waals surface area contributed by atoms with Gasteiger partial charge in [-0.15, -0.1) is 0 Å². The van der Waals surface area contributed by atoms with Crippen LogP contribution in [0.25, 0.3) is 0 Å². The van der Waals surface area contributed by atoms with Crippen LogP contribution in [0.1, 0.15) is 55.3 Å². The largest absolute Gasteiger partial charge is 0.444 e. The van der Waals surface area contributed by atoms with Crippen molar-refractivity contribution in [1.82, 2.24) is 19.7 Å². The van der Waals surface area contributed by atoms with Crippen LogP contribution in [0.4, 0.5) is 10.5 Å². The first kappa shape index (κ1) is 36.2. The number of aliphatic hydroxyl groups is 1. The van der Waals surface area contributed by atoms with Crippen molar-refractivity contribution in [3.05, 3.63) is 141 Å². The zero-order valence-corrected chi connectivity index (χ0v) is 28.2. The van der Waals surface area contributed by atoms with Gasteiger partial charge >= 0.3 is 6.09 Å². The van der Waals surface area contributed by atoms with Crippen LogP contribution in [0.5, 0.6) is 0 Å². The highest BCUT2D eigenvalue weighted by Gasteiger charge is 2.23. The number of carbonyl (C=O) groups excluding carboxylic acids is 1. The Morgan fingerprint density at radius 2 is 1.27 bits per heavy atom. The van der Waals surface area contributed by atoms with E-state index in [9.17, 15) is 20.0 Å². The zero-order chi connectivity index (χ0) is 34.4. The molecule has 0 aliphatic carbocycles. The number of nitro groups is 1. The lowest BCUT2D eigenvalue weighted by Crippen LogP contribution is -2.42. The predicted octanol–water partition coefficient (Wildman–Crippen LogP) is 6.81. The molecule has 0 aliphatic heterocycles. The van der Waals surface area contributed by atoms with E-state index in [4.69, 9.17) is 9.72 Å². The lowest BCUT2D eigenvalue weighted by atomic mass is 10.1. The van der Waals surface area contributed by atoms with Crippen LogP contribution in [0.3, 0.4) is 0 Å². The van der Waals surface area contributed by atoms with Gasteiger partial charge in [0.2, 0.25) is 0 Å². The number of nitrogens with zero attached hydrogens (tertiary/aromatic N) is 5. The van der Waals surface area contributed by atoms with E-state index in [-0.39, 0.29) is 12.3 Å². The Balaban J connectivity index is 1.54. The third kappa shape index (κ3) is 12.5. The summed E-state index contributed by atoms with van der Waals surface area (Å²) in [5, 5.41) is 21.0. The fourth-order valence-corrected chi connectivity index (χ4v) is 5.40. The number of benzene rings is 3. The first-order chi connectivity index (χ1) is 23.1. The summed E-state index contributed by atoms with van der Waals surface area (Å²) in [6, 6.07) is 33.5. The maximum atomic E-state index is 13.0. The number of hydrogen-bond donors (Lipinski definition) is 1. The molecule has 0 saturated carbocycles. The Morgan fingerprint density at radius 3 is 1.83 bits per heavy atom. The molecule has 0 aliphatic rings. The summed E-state index contributed by atoms with van der Waals surface area (Å²) >= 11 is 0. The Bertz CT molecular complexity index is 1540. The minimum absolute atomic E-state index is 0.0304. The molecule has 0 bridgehead atoms.